The Morgan fingerprint density at radius 3 is 1.79 bits per heavy atom. The molecule has 12 rings (SSSR count). The summed E-state index contributed by atoms with van der Waals surface area (Å²) in [4.78, 5) is 2.33. The second kappa shape index (κ2) is 14.3. The van der Waals surface area contributed by atoms with Crippen molar-refractivity contribution in [3.05, 3.63) is 231 Å². The van der Waals surface area contributed by atoms with Crippen molar-refractivity contribution in [3.8, 4) is 39.1 Å². The molecule has 0 saturated heterocycles. The SMILES string of the molecule is c1ccc(-c2ccc(N(c3cccc(-c4ccccc4)c3)c3cccc4c3oc3ccc5cc(-c6cccc7c6c6ccccc6n7-c6ccccc6)ccc5c34)cc2)cc1. The fourth-order valence-electron chi connectivity index (χ4n) is 9.39. The Morgan fingerprint density at radius 2 is 0.984 bits per heavy atom. The van der Waals surface area contributed by atoms with Gasteiger partial charge in [0.25, 0.3) is 0 Å². The summed E-state index contributed by atoms with van der Waals surface area (Å²) in [7, 11) is 0. The number of anilines is 3. The summed E-state index contributed by atoms with van der Waals surface area (Å²) in [6.45, 7) is 0. The normalized spacial score (nSPS) is 11.6. The summed E-state index contributed by atoms with van der Waals surface area (Å²) in [5.41, 5.74) is 15.5. The van der Waals surface area contributed by atoms with Crippen LogP contribution in [0.2, 0.25) is 0 Å². The van der Waals surface area contributed by atoms with E-state index in [1.165, 1.54) is 60.4 Å². The Morgan fingerprint density at radius 1 is 0.361 bits per heavy atom. The summed E-state index contributed by atoms with van der Waals surface area (Å²) in [6.07, 6.45) is 0. The average molecular weight is 779 g/mol. The number of para-hydroxylation sites is 3. The van der Waals surface area contributed by atoms with E-state index in [-0.39, 0.29) is 0 Å². The molecule has 0 saturated carbocycles. The first kappa shape index (κ1) is 34.9. The Balaban J connectivity index is 1.02. The highest BCUT2D eigenvalue weighted by Gasteiger charge is 2.22. The van der Waals surface area contributed by atoms with Gasteiger partial charge in [0.1, 0.15) is 5.58 Å². The van der Waals surface area contributed by atoms with E-state index in [0.717, 1.165) is 50.3 Å². The minimum atomic E-state index is 0.852. The maximum atomic E-state index is 6.94. The van der Waals surface area contributed by atoms with Crippen molar-refractivity contribution in [3.63, 3.8) is 0 Å². The van der Waals surface area contributed by atoms with E-state index in [2.05, 4.69) is 240 Å². The first-order valence-electron chi connectivity index (χ1n) is 20.8. The van der Waals surface area contributed by atoms with Crippen LogP contribution in [0.25, 0.3) is 93.6 Å². The van der Waals surface area contributed by atoms with Crippen LogP contribution < -0.4 is 4.90 Å². The first-order chi connectivity index (χ1) is 30.3. The van der Waals surface area contributed by atoms with Crippen molar-refractivity contribution in [1.82, 2.24) is 4.57 Å². The molecular formula is C58H38N2O. The van der Waals surface area contributed by atoms with Gasteiger partial charge < -0.3 is 13.9 Å². The summed E-state index contributed by atoms with van der Waals surface area (Å²) >= 11 is 0. The lowest BCUT2D eigenvalue weighted by Gasteiger charge is -2.26. The van der Waals surface area contributed by atoms with Crippen molar-refractivity contribution in [2.24, 2.45) is 0 Å². The van der Waals surface area contributed by atoms with Gasteiger partial charge in [-0.3, -0.25) is 0 Å². The van der Waals surface area contributed by atoms with Crippen LogP contribution in [0.15, 0.2) is 235 Å². The standard InChI is InChI=1S/C58H38N2O/c1-4-15-39(16-5-1)41-29-33-46(34-30-41)59(47-22-12-19-42(38-47)40-17-6-2-7-18-40)54-28-14-25-51-57-49-35-31-43(37-44(49)32-36-55(57)61-58(51)54)48-24-13-27-53-56(48)50-23-10-11-26-52(50)60(53)45-20-8-3-9-21-45/h1-38H. The van der Waals surface area contributed by atoms with Crippen LogP contribution in [0.5, 0.6) is 0 Å². The third kappa shape index (κ3) is 5.82. The van der Waals surface area contributed by atoms with E-state index >= 15 is 0 Å². The molecule has 0 spiro atoms. The molecule has 0 fully saturated rings. The zero-order valence-electron chi connectivity index (χ0n) is 33.2. The molecule has 61 heavy (non-hydrogen) atoms. The molecule has 286 valence electrons. The van der Waals surface area contributed by atoms with Crippen molar-refractivity contribution < 1.29 is 4.42 Å². The molecule has 2 aromatic heterocycles. The van der Waals surface area contributed by atoms with E-state index in [9.17, 15) is 0 Å². The van der Waals surface area contributed by atoms with Gasteiger partial charge in [-0.15, -0.1) is 0 Å². The van der Waals surface area contributed by atoms with Gasteiger partial charge in [0, 0.05) is 38.6 Å². The van der Waals surface area contributed by atoms with Gasteiger partial charge in [-0.1, -0.05) is 164 Å². The summed E-state index contributed by atoms with van der Waals surface area (Å²) in [5, 5.41) is 7.05. The number of furan rings is 1. The molecule has 2 heterocycles. The molecule has 10 aromatic carbocycles. The molecule has 12 aromatic rings. The zero-order valence-corrected chi connectivity index (χ0v) is 33.2. The van der Waals surface area contributed by atoms with E-state index in [4.69, 9.17) is 4.42 Å². The zero-order chi connectivity index (χ0) is 40.3. The van der Waals surface area contributed by atoms with Gasteiger partial charge in [0.2, 0.25) is 0 Å². The number of fused-ring (bicyclic) bond motifs is 8. The highest BCUT2D eigenvalue weighted by molar-refractivity contribution is 6.22. The number of aromatic nitrogens is 1. The van der Waals surface area contributed by atoms with E-state index in [1.54, 1.807) is 0 Å². The van der Waals surface area contributed by atoms with Crippen LogP contribution in [0.1, 0.15) is 0 Å². The molecule has 0 N–H and O–H groups in total. The number of nitrogens with zero attached hydrogens (tertiary/aromatic N) is 2. The number of benzene rings is 10. The first-order valence-corrected chi connectivity index (χ1v) is 20.8. The fraction of sp³-hybridized carbons (Fsp3) is 0. The third-order valence-electron chi connectivity index (χ3n) is 12.2. The number of rotatable bonds is 7. The predicted octanol–water partition coefficient (Wildman–Crippen LogP) is 16.3. The highest BCUT2D eigenvalue weighted by Crippen LogP contribution is 2.46. The largest absolute Gasteiger partial charge is 0.454 e. The topological polar surface area (TPSA) is 21.3 Å². The lowest BCUT2D eigenvalue weighted by molar-refractivity contribution is 0.669. The van der Waals surface area contributed by atoms with Crippen LogP contribution in [-0.4, -0.2) is 4.57 Å². The quantitative estimate of drug-likeness (QED) is 0.161. The number of hydrogen-bond acceptors (Lipinski definition) is 2. The smallest absolute Gasteiger partial charge is 0.159 e. The second-order valence-corrected chi connectivity index (χ2v) is 15.7. The van der Waals surface area contributed by atoms with Gasteiger partial charge in [-0.05, 0) is 111 Å². The van der Waals surface area contributed by atoms with E-state index in [0.29, 0.717) is 0 Å². The van der Waals surface area contributed by atoms with Gasteiger partial charge in [-0.25, -0.2) is 0 Å². The minimum absolute atomic E-state index is 0.852. The molecular weight excluding hydrogens is 741 g/mol. The Hall–Kier alpha value is -8.14. The van der Waals surface area contributed by atoms with Crippen molar-refractivity contribution in [2.45, 2.75) is 0 Å². The van der Waals surface area contributed by atoms with Crippen LogP contribution >= 0.6 is 0 Å². The molecule has 0 radical (unpaired) electrons. The fourth-order valence-corrected chi connectivity index (χ4v) is 9.39. The van der Waals surface area contributed by atoms with E-state index < -0.39 is 0 Å². The van der Waals surface area contributed by atoms with Crippen molar-refractivity contribution >= 4 is 71.6 Å². The van der Waals surface area contributed by atoms with Crippen LogP contribution in [0.4, 0.5) is 17.1 Å². The van der Waals surface area contributed by atoms with Gasteiger partial charge in [0.15, 0.2) is 5.58 Å². The lowest BCUT2D eigenvalue weighted by Crippen LogP contribution is -2.10. The maximum absolute atomic E-state index is 6.94. The maximum Gasteiger partial charge on any atom is 0.159 e. The van der Waals surface area contributed by atoms with Crippen molar-refractivity contribution in [1.29, 1.82) is 0 Å². The van der Waals surface area contributed by atoms with Crippen LogP contribution in [0, 0.1) is 0 Å². The molecule has 3 heteroatoms. The van der Waals surface area contributed by atoms with Gasteiger partial charge >= 0.3 is 0 Å². The second-order valence-electron chi connectivity index (χ2n) is 15.7. The van der Waals surface area contributed by atoms with Gasteiger partial charge in [-0.2, -0.15) is 0 Å². The average Bonchev–Trinajstić information content (AvgIpc) is 3.90. The molecule has 0 aliphatic heterocycles. The molecule has 0 aliphatic rings. The monoisotopic (exact) mass is 778 g/mol. The van der Waals surface area contributed by atoms with Crippen LogP contribution in [-0.2, 0) is 0 Å². The third-order valence-corrected chi connectivity index (χ3v) is 12.2. The Kier molecular flexibility index (Phi) is 8.17. The molecule has 0 atom stereocenters. The molecule has 0 unspecified atom stereocenters. The van der Waals surface area contributed by atoms with Crippen molar-refractivity contribution in [2.75, 3.05) is 4.90 Å². The van der Waals surface area contributed by atoms with E-state index in [1.807, 2.05) is 0 Å². The Bertz CT molecular complexity index is 3570. The van der Waals surface area contributed by atoms with Crippen LogP contribution in [0.3, 0.4) is 0 Å². The predicted molar refractivity (Wildman–Crippen MR) is 257 cm³/mol. The summed E-state index contributed by atoms with van der Waals surface area (Å²) in [5.74, 6) is 0. The summed E-state index contributed by atoms with van der Waals surface area (Å²) in [6, 6.07) is 82.7. The minimum Gasteiger partial charge on any atom is -0.454 e. The molecule has 0 bridgehead atoms. The molecule has 0 amide bonds. The lowest BCUT2D eigenvalue weighted by atomic mass is 9.95. The summed E-state index contributed by atoms with van der Waals surface area (Å²) < 4.78 is 9.33. The number of hydrogen-bond donors (Lipinski definition) is 0. The Labute approximate surface area is 353 Å². The molecule has 0 aliphatic carbocycles. The highest BCUT2D eigenvalue weighted by atomic mass is 16.3. The molecule has 3 nitrogen and oxygen atoms in total. The van der Waals surface area contributed by atoms with Gasteiger partial charge in [0.05, 0.1) is 16.7 Å².